The van der Waals surface area contributed by atoms with E-state index < -0.39 is 66.2 Å². The Balaban J connectivity index is 5.39. The lowest BCUT2D eigenvalue weighted by Crippen LogP contribution is -2.59. The monoisotopic (exact) mass is 462 g/mol. The van der Waals surface area contributed by atoms with Crippen molar-refractivity contribution in [2.75, 3.05) is 12.0 Å². The van der Waals surface area contributed by atoms with Crippen LogP contribution in [0.1, 0.15) is 40.5 Å². The van der Waals surface area contributed by atoms with E-state index in [0.717, 1.165) is 0 Å². The summed E-state index contributed by atoms with van der Waals surface area (Å²) in [6.07, 6.45) is 1.53. The molecule has 0 radical (unpaired) electrons. The number of rotatable bonds is 14. The van der Waals surface area contributed by atoms with Crippen molar-refractivity contribution in [3.05, 3.63) is 0 Å². The average Bonchev–Trinajstić information content (AvgIpc) is 2.65. The van der Waals surface area contributed by atoms with Crippen LogP contribution in [0, 0.1) is 11.8 Å². The Labute approximate surface area is 186 Å². The van der Waals surface area contributed by atoms with Crippen molar-refractivity contribution in [3.8, 4) is 0 Å². The van der Waals surface area contributed by atoms with Crippen LogP contribution in [-0.4, -0.2) is 76.0 Å². The molecule has 7 N–H and O–H groups in total. The molecule has 0 bridgehead atoms. The molecule has 31 heavy (non-hydrogen) atoms. The van der Waals surface area contributed by atoms with Crippen LogP contribution < -0.4 is 21.7 Å². The minimum atomic E-state index is -1.52. The number of hydrogen-bond donors (Lipinski definition) is 6. The Kier molecular flexibility index (Phi) is 12.8. The van der Waals surface area contributed by atoms with Gasteiger partial charge >= 0.3 is 11.9 Å². The Morgan fingerprint density at radius 3 is 1.77 bits per heavy atom. The number of aliphatic carboxylic acids is 2. The van der Waals surface area contributed by atoms with E-state index in [4.69, 9.17) is 10.8 Å². The highest BCUT2D eigenvalue weighted by Crippen LogP contribution is 2.07. The Bertz CT molecular complexity index is 657. The van der Waals surface area contributed by atoms with E-state index >= 15 is 0 Å². The van der Waals surface area contributed by atoms with Crippen LogP contribution in [0.4, 0.5) is 0 Å². The summed E-state index contributed by atoms with van der Waals surface area (Å²) in [4.78, 5) is 60.1. The van der Waals surface area contributed by atoms with Crippen molar-refractivity contribution in [3.63, 3.8) is 0 Å². The highest BCUT2D eigenvalue weighted by Gasteiger charge is 2.33. The van der Waals surface area contributed by atoms with Crippen molar-refractivity contribution >= 4 is 41.4 Å². The number of nitrogens with one attached hydrogen (secondary N) is 3. The maximum atomic E-state index is 12.7. The van der Waals surface area contributed by atoms with E-state index in [1.807, 2.05) is 6.26 Å². The first-order chi connectivity index (χ1) is 14.3. The summed E-state index contributed by atoms with van der Waals surface area (Å²) >= 11 is 1.52. The molecule has 0 heterocycles. The molecule has 0 aromatic rings. The second kappa shape index (κ2) is 13.9. The minimum absolute atomic E-state index is 0.382. The van der Waals surface area contributed by atoms with Crippen LogP contribution >= 0.6 is 11.8 Å². The fraction of sp³-hybridized carbons (Fsp3) is 0.737. The summed E-state index contributed by atoms with van der Waals surface area (Å²) in [5.74, 6) is -5.07. The average molecular weight is 463 g/mol. The molecule has 0 aromatic carbocycles. The van der Waals surface area contributed by atoms with E-state index in [9.17, 15) is 29.1 Å². The fourth-order valence-corrected chi connectivity index (χ4v) is 3.07. The number of hydrogen-bond acceptors (Lipinski definition) is 7. The summed E-state index contributed by atoms with van der Waals surface area (Å²) in [5, 5.41) is 25.5. The molecule has 0 saturated heterocycles. The third kappa shape index (κ3) is 10.5. The summed E-state index contributed by atoms with van der Waals surface area (Å²) in [6, 6.07) is -4.65. The third-order valence-corrected chi connectivity index (χ3v) is 5.10. The fourth-order valence-electron chi connectivity index (χ4n) is 2.58. The zero-order chi connectivity index (χ0) is 24.3. The predicted molar refractivity (Wildman–Crippen MR) is 116 cm³/mol. The third-order valence-electron chi connectivity index (χ3n) is 4.46. The van der Waals surface area contributed by atoms with E-state index in [0.29, 0.717) is 12.2 Å². The van der Waals surface area contributed by atoms with Crippen molar-refractivity contribution in [2.45, 2.75) is 64.7 Å². The molecule has 3 amide bonds. The van der Waals surface area contributed by atoms with Crippen molar-refractivity contribution in [1.82, 2.24) is 16.0 Å². The number of carboxylic acid groups (broad SMARTS) is 2. The molecule has 0 saturated carbocycles. The van der Waals surface area contributed by atoms with E-state index in [-0.39, 0.29) is 5.92 Å². The van der Waals surface area contributed by atoms with Crippen LogP contribution in [0.15, 0.2) is 0 Å². The van der Waals surface area contributed by atoms with Gasteiger partial charge in [-0.15, -0.1) is 0 Å². The molecular weight excluding hydrogens is 428 g/mol. The van der Waals surface area contributed by atoms with Crippen LogP contribution in [0.3, 0.4) is 0 Å². The lowest BCUT2D eigenvalue weighted by molar-refractivity contribution is -0.144. The molecule has 4 atom stereocenters. The molecule has 0 aliphatic carbocycles. The molecule has 178 valence electrons. The van der Waals surface area contributed by atoms with Gasteiger partial charge in [-0.1, -0.05) is 27.7 Å². The highest BCUT2D eigenvalue weighted by molar-refractivity contribution is 7.98. The molecule has 0 aliphatic heterocycles. The normalized spacial score (nSPS) is 15.0. The molecule has 0 fully saturated rings. The Morgan fingerprint density at radius 2 is 1.35 bits per heavy atom. The zero-order valence-electron chi connectivity index (χ0n) is 18.5. The minimum Gasteiger partial charge on any atom is -0.481 e. The largest absolute Gasteiger partial charge is 0.481 e. The second-order valence-corrected chi connectivity index (χ2v) is 8.83. The first kappa shape index (κ1) is 28.7. The summed E-state index contributed by atoms with van der Waals surface area (Å²) in [5.41, 5.74) is 5.82. The van der Waals surface area contributed by atoms with Gasteiger partial charge in [0.15, 0.2) is 0 Å². The van der Waals surface area contributed by atoms with E-state index in [2.05, 4.69) is 16.0 Å². The molecule has 0 spiro atoms. The summed E-state index contributed by atoms with van der Waals surface area (Å²) < 4.78 is 0. The van der Waals surface area contributed by atoms with E-state index in [1.165, 1.54) is 11.8 Å². The van der Waals surface area contributed by atoms with Gasteiger partial charge in [-0.05, 0) is 30.3 Å². The standard InChI is InChI=1S/C19H34N4O7S/c1-9(2)14(22-16(26)11(20)6-7-31-5)18(28)21-12(8-13(24)25)17(27)23-15(10(3)4)19(29)30/h9-12,14-15H,6-8,20H2,1-5H3,(H,21,28)(H,22,26)(H,23,27)(H,24,25)(H,29,30). The highest BCUT2D eigenvalue weighted by atomic mass is 32.2. The molecule has 4 unspecified atom stereocenters. The number of amides is 3. The molecule has 0 aromatic heterocycles. The number of carbonyl (C=O) groups is 5. The van der Waals surface area contributed by atoms with Crippen LogP contribution in [0.5, 0.6) is 0 Å². The molecule has 11 nitrogen and oxygen atoms in total. The molecule has 0 rings (SSSR count). The number of thioether (sulfide) groups is 1. The predicted octanol–water partition coefficient (Wildman–Crippen LogP) is -0.607. The first-order valence-electron chi connectivity index (χ1n) is 9.91. The quantitative estimate of drug-likeness (QED) is 0.196. The van der Waals surface area contributed by atoms with Gasteiger partial charge in [0.05, 0.1) is 12.5 Å². The number of carbonyl (C=O) groups excluding carboxylic acids is 3. The first-order valence-corrected chi connectivity index (χ1v) is 11.3. The molecule has 0 aliphatic rings. The van der Waals surface area contributed by atoms with Gasteiger partial charge in [-0.25, -0.2) is 4.79 Å². The van der Waals surface area contributed by atoms with Crippen molar-refractivity contribution < 1.29 is 34.2 Å². The maximum absolute atomic E-state index is 12.7. The van der Waals surface area contributed by atoms with Gasteiger partial charge in [0.1, 0.15) is 18.1 Å². The van der Waals surface area contributed by atoms with E-state index in [1.54, 1.807) is 27.7 Å². The Morgan fingerprint density at radius 1 is 0.839 bits per heavy atom. The van der Waals surface area contributed by atoms with Crippen LogP contribution in [0.2, 0.25) is 0 Å². The summed E-state index contributed by atoms with van der Waals surface area (Å²) in [6.45, 7) is 6.50. The maximum Gasteiger partial charge on any atom is 0.326 e. The van der Waals surface area contributed by atoms with Crippen molar-refractivity contribution in [2.24, 2.45) is 17.6 Å². The molecule has 12 heteroatoms. The lowest BCUT2D eigenvalue weighted by atomic mass is 10.0. The SMILES string of the molecule is CSCCC(N)C(=O)NC(C(=O)NC(CC(=O)O)C(=O)NC(C(=O)O)C(C)C)C(C)C. The van der Waals surface area contributed by atoms with Gasteiger partial charge in [-0.3, -0.25) is 19.2 Å². The topological polar surface area (TPSA) is 188 Å². The smallest absolute Gasteiger partial charge is 0.326 e. The van der Waals surface area contributed by atoms with Gasteiger partial charge in [0.2, 0.25) is 17.7 Å². The lowest BCUT2D eigenvalue weighted by Gasteiger charge is -2.27. The van der Waals surface area contributed by atoms with Crippen LogP contribution in [0.25, 0.3) is 0 Å². The molecular formula is C19H34N4O7S. The summed E-state index contributed by atoms with van der Waals surface area (Å²) in [7, 11) is 0. The van der Waals surface area contributed by atoms with Crippen molar-refractivity contribution in [1.29, 1.82) is 0 Å². The van der Waals surface area contributed by atoms with Gasteiger partial charge in [-0.2, -0.15) is 11.8 Å². The van der Waals surface area contributed by atoms with Crippen LogP contribution in [-0.2, 0) is 24.0 Å². The van der Waals surface area contributed by atoms with Gasteiger partial charge in [0.25, 0.3) is 0 Å². The number of carboxylic acids is 2. The second-order valence-electron chi connectivity index (χ2n) is 7.85. The van der Waals surface area contributed by atoms with Gasteiger partial charge in [0, 0.05) is 0 Å². The number of nitrogens with two attached hydrogens (primary N) is 1. The van der Waals surface area contributed by atoms with Gasteiger partial charge < -0.3 is 31.9 Å². The zero-order valence-corrected chi connectivity index (χ0v) is 19.3. The Hall–Kier alpha value is -2.34.